The van der Waals surface area contributed by atoms with Crippen molar-refractivity contribution in [2.75, 3.05) is 6.61 Å². The van der Waals surface area contributed by atoms with E-state index in [1.165, 1.54) is 4.68 Å². The molecule has 0 N–H and O–H groups in total. The van der Waals surface area contributed by atoms with Crippen LogP contribution in [0.3, 0.4) is 0 Å². The van der Waals surface area contributed by atoms with Gasteiger partial charge in [-0.1, -0.05) is 11.6 Å². The zero-order valence-corrected chi connectivity index (χ0v) is 12.1. The average Bonchev–Trinajstić information content (AvgIpc) is 2.77. The van der Waals surface area contributed by atoms with Gasteiger partial charge in [0.05, 0.1) is 18.2 Å². The number of rotatable bonds is 5. The van der Waals surface area contributed by atoms with Gasteiger partial charge >= 0.3 is 0 Å². The van der Waals surface area contributed by atoms with Crippen LogP contribution in [0.1, 0.15) is 24.6 Å². The normalized spacial score (nSPS) is 11.1. The van der Waals surface area contributed by atoms with Crippen LogP contribution in [0.5, 0.6) is 5.75 Å². The number of nitrogens with zero attached hydrogens (tertiary/aromatic N) is 2. The van der Waals surface area contributed by atoms with Crippen molar-refractivity contribution in [2.45, 2.75) is 19.2 Å². The molecule has 0 unspecified atom stereocenters. The standard InChI is InChI=1S/C13H12Cl2F2N2O/c1-2-20-9-5-3-8(4-6-9)19-12(15)10(7-14)11(18-19)13(16)17/h3-6,13H,2,7H2,1H3. The molecular formula is C13H12Cl2F2N2O. The lowest BCUT2D eigenvalue weighted by Crippen LogP contribution is -1.98. The Morgan fingerprint density at radius 2 is 1.95 bits per heavy atom. The first-order valence-corrected chi connectivity index (χ1v) is 6.84. The minimum Gasteiger partial charge on any atom is -0.494 e. The summed E-state index contributed by atoms with van der Waals surface area (Å²) in [7, 11) is 0. The molecule has 2 rings (SSSR count). The third kappa shape index (κ3) is 2.88. The van der Waals surface area contributed by atoms with Crippen LogP contribution in [0.15, 0.2) is 24.3 Å². The van der Waals surface area contributed by atoms with E-state index in [9.17, 15) is 8.78 Å². The third-order valence-electron chi connectivity index (χ3n) is 2.68. The number of hydrogen-bond donors (Lipinski definition) is 0. The smallest absolute Gasteiger partial charge is 0.282 e. The molecule has 7 heteroatoms. The lowest BCUT2D eigenvalue weighted by molar-refractivity contribution is 0.144. The molecule has 0 saturated carbocycles. The highest BCUT2D eigenvalue weighted by molar-refractivity contribution is 6.31. The molecule has 0 atom stereocenters. The van der Waals surface area contributed by atoms with Crippen molar-refractivity contribution in [1.29, 1.82) is 0 Å². The molecule has 0 radical (unpaired) electrons. The lowest BCUT2D eigenvalue weighted by Gasteiger charge is -2.06. The van der Waals surface area contributed by atoms with Crippen LogP contribution in [0.25, 0.3) is 5.69 Å². The van der Waals surface area contributed by atoms with Crippen molar-refractivity contribution >= 4 is 23.2 Å². The topological polar surface area (TPSA) is 27.1 Å². The zero-order chi connectivity index (χ0) is 14.7. The summed E-state index contributed by atoms with van der Waals surface area (Å²) < 4.78 is 32.3. The fraction of sp³-hybridized carbons (Fsp3) is 0.308. The van der Waals surface area contributed by atoms with E-state index in [1.807, 2.05) is 6.92 Å². The highest BCUT2D eigenvalue weighted by atomic mass is 35.5. The van der Waals surface area contributed by atoms with Crippen LogP contribution >= 0.6 is 23.2 Å². The fourth-order valence-corrected chi connectivity index (χ4v) is 2.40. The maximum atomic E-state index is 12.9. The van der Waals surface area contributed by atoms with Crippen molar-refractivity contribution in [3.8, 4) is 11.4 Å². The molecule has 0 aliphatic rings. The average molecular weight is 321 g/mol. The largest absolute Gasteiger partial charge is 0.494 e. The number of hydrogen-bond acceptors (Lipinski definition) is 2. The minimum absolute atomic E-state index is 0.0967. The Hall–Kier alpha value is -1.33. The second-order valence-electron chi connectivity index (χ2n) is 3.93. The van der Waals surface area contributed by atoms with Crippen molar-refractivity contribution in [2.24, 2.45) is 0 Å². The highest BCUT2D eigenvalue weighted by Crippen LogP contribution is 2.31. The number of halogens is 4. The molecule has 0 spiro atoms. The van der Waals surface area contributed by atoms with Crippen molar-refractivity contribution in [3.63, 3.8) is 0 Å². The predicted molar refractivity (Wildman–Crippen MR) is 74.3 cm³/mol. The Morgan fingerprint density at radius 3 is 2.40 bits per heavy atom. The van der Waals surface area contributed by atoms with E-state index < -0.39 is 6.43 Å². The van der Waals surface area contributed by atoms with Gasteiger partial charge in [0.25, 0.3) is 6.43 Å². The van der Waals surface area contributed by atoms with Gasteiger partial charge in [0.1, 0.15) is 16.6 Å². The summed E-state index contributed by atoms with van der Waals surface area (Å²) in [6.45, 7) is 2.42. The van der Waals surface area contributed by atoms with E-state index in [0.717, 1.165) is 0 Å². The molecule has 1 heterocycles. The van der Waals surface area contributed by atoms with E-state index in [2.05, 4.69) is 5.10 Å². The van der Waals surface area contributed by atoms with Gasteiger partial charge in [-0.15, -0.1) is 11.6 Å². The molecule has 0 saturated heterocycles. The second kappa shape index (κ2) is 6.41. The molecule has 3 nitrogen and oxygen atoms in total. The summed E-state index contributed by atoms with van der Waals surface area (Å²) >= 11 is 11.7. The predicted octanol–water partition coefficient (Wildman–Crippen LogP) is 4.60. The number of aromatic nitrogens is 2. The Morgan fingerprint density at radius 1 is 1.30 bits per heavy atom. The van der Waals surface area contributed by atoms with Gasteiger partial charge < -0.3 is 4.74 Å². The van der Waals surface area contributed by atoms with Crippen molar-refractivity contribution in [1.82, 2.24) is 9.78 Å². The summed E-state index contributed by atoms with van der Waals surface area (Å²) in [6, 6.07) is 6.83. The summed E-state index contributed by atoms with van der Waals surface area (Å²) in [5, 5.41) is 3.93. The first-order valence-electron chi connectivity index (χ1n) is 5.93. The maximum Gasteiger partial charge on any atom is 0.282 e. The fourth-order valence-electron chi connectivity index (χ4n) is 1.77. The molecule has 108 valence electrons. The van der Waals surface area contributed by atoms with Crippen LogP contribution in [-0.4, -0.2) is 16.4 Å². The molecule has 0 bridgehead atoms. The molecule has 0 fully saturated rings. The van der Waals surface area contributed by atoms with E-state index in [4.69, 9.17) is 27.9 Å². The number of ether oxygens (including phenoxy) is 1. The third-order valence-corrected chi connectivity index (χ3v) is 3.34. The molecular weight excluding hydrogens is 309 g/mol. The maximum absolute atomic E-state index is 12.9. The molecule has 1 aromatic carbocycles. The summed E-state index contributed by atoms with van der Waals surface area (Å²) in [4.78, 5) is 0. The van der Waals surface area contributed by atoms with Gasteiger partial charge in [-0.25, -0.2) is 13.5 Å². The first kappa shape index (κ1) is 15.1. The lowest BCUT2D eigenvalue weighted by atomic mass is 10.3. The highest BCUT2D eigenvalue weighted by Gasteiger charge is 2.23. The molecule has 0 aliphatic heterocycles. The Labute approximate surface area is 125 Å². The van der Waals surface area contributed by atoms with Crippen LogP contribution in [0.4, 0.5) is 8.78 Å². The molecule has 2 aromatic rings. The quantitative estimate of drug-likeness (QED) is 0.753. The number of alkyl halides is 3. The summed E-state index contributed by atoms with van der Waals surface area (Å²) in [5.41, 5.74) is 0.327. The Bertz CT molecular complexity index is 585. The minimum atomic E-state index is -2.72. The van der Waals surface area contributed by atoms with E-state index >= 15 is 0 Å². The van der Waals surface area contributed by atoms with Gasteiger partial charge in [0.2, 0.25) is 0 Å². The monoisotopic (exact) mass is 320 g/mol. The molecule has 20 heavy (non-hydrogen) atoms. The van der Waals surface area contributed by atoms with Gasteiger partial charge in [-0.2, -0.15) is 5.10 Å². The second-order valence-corrected chi connectivity index (χ2v) is 4.55. The van der Waals surface area contributed by atoms with Crippen LogP contribution in [0.2, 0.25) is 5.15 Å². The van der Waals surface area contributed by atoms with Gasteiger partial charge in [0, 0.05) is 5.56 Å². The summed E-state index contributed by atoms with van der Waals surface area (Å²) in [5.74, 6) is 0.571. The summed E-state index contributed by atoms with van der Waals surface area (Å²) in [6.07, 6.45) is -2.72. The van der Waals surface area contributed by atoms with Crippen LogP contribution < -0.4 is 4.74 Å². The SMILES string of the molecule is CCOc1ccc(-n2nc(C(F)F)c(CCl)c2Cl)cc1. The van der Waals surface area contributed by atoms with E-state index in [0.29, 0.717) is 18.0 Å². The van der Waals surface area contributed by atoms with Crippen molar-refractivity contribution in [3.05, 3.63) is 40.7 Å². The van der Waals surface area contributed by atoms with E-state index in [-0.39, 0.29) is 22.3 Å². The Kier molecular flexibility index (Phi) is 4.83. The van der Waals surface area contributed by atoms with Gasteiger partial charge in [-0.05, 0) is 31.2 Å². The van der Waals surface area contributed by atoms with Gasteiger partial charge in [0.15, 0.2) is 0 Å². The van der Waals surface area contributed by atoms with Crippen LogP contribution in [0, 0.1) is 0 Å². The molecule has 1 aromatic heterocycles. The van der Waals surface area contributed by atoms with Gasteiger partial charge in [-0.3, -0.25) is 0 Å². The number of benzene rings is 1. The van der Waals surface area contributed by atoms with E-state index in [1.54, 1.807) is 24.3 Å². The zero-order valence-electron chi connectivity index (χ0n) is 10.6. The first-order chi connectivity index (χ1) is 9.58. The van der Waals surface area contributed by atoms with Crippen molar-refractivity contribution < 1.29 is 13.5 Å². The molecule has 0 amide bonds. The Balaban J connectivity index is 2.42. The molecule has 0 aliphatic carbocycles. The van der Waals surface area contributed by atoms with Crippen LogP contribution in [-0.2, 0) is 5.88 Å².